The van der Waals surface area contributed by atoms with Crippen molar-refractivity contribution in [2.24, 2.45) is 28.7 Å². The first-order valence-electron chi connectivity index (χ1n) is 11.3. The number of hydrogen-bond acceptors (Lipinski definition) is 4. The van der Waals surface area contributed by atoms with Crippen LogP contribution in [-0.4, -0.2) is 48.4 Å². The monoisotopic (exact) mass is 552 g/mol. The molecule has 8 heteroatoms. The third-order valence-corrected chi connectivity index (χ3v) is 6.25. The third-order valence-electron chi connectivity index (χ3n) is 6.25. The number of allylic oxidation sites excluding steroid dienone is 2. The van der Waals surface area contributed by atoms with E-state index in [0.717, 1.165) is 24.3 Å². The van der Waals surface area contributed by atoms with Crippen molar-refractivity contribution in [3.63, 3.8) is 0 Å². The minimum Gasteiger partial charge on any atom is -0.491 e. The maximum absolute atomic E-state index is 12.8. The first-order chi connectivity index (χ1) is 15.0. The number of carbonyl (C=O) groups is 2. The number of likely N-dealkylation sites (tertiary alicyclic amines) is 1. The van der Waals surface area contributed by atoms with Crippen LogP contribution < -0.4 is 15.4 Å². The van der Waals surface area contributed by atoms with E-state index in [0.29, 0.717) is 25.6 Å². The van der Waals surface area contributed by atoms with Crippen LogP contribution in [-0.2, 0) is 16.1 Å². The molecule has 0 spiro atoms. The van der Waals surface area contributed by atoms with Crippen molar-refractivity contribution in [1.29, 1.82) is 0 Å². The number of nitrogens with one attached hydrogen (secondary N) is 2. The van der Waals surface area contributed by atoms with Gasteiger partial charge in [0.25, 0.3) is 0 Å². The number of amides is 2. The molecule has 1 aromatic rings. The van der Waals surface area contributed by atoms with Gasteiger partial charge in [0.1, 0.15) is 5.75 Å². The van der Waals surface area contributed by atoms with Crippen molar-refractivity contribution < 1.29 is 14.3 Å². The lowest BCUT2D eigenvalue weighted by Crippen LogP contribution is -2.43. The fraction of sp³-hybridized carbons (Fsp3) is 0.542. The van der Waals surface area contributed by atoms with Gasteiger partial charge >= 0.3 is 0 Å². The van der Waals surface area contributed by atoms with Crippen LogP contribution >= 0.6 is 24.0 Å². The molecule has 4 unspecified atom stereocenters. The van der Waals surface area contributed by atoms with Crippen LogP contribution in [0.15, 0.2) is 41.4 Å². The molecule has 1 aliphatic heterocycles. The van der Waals surface area contributed by atoms with Crippen molar-refractivity contribution in [3.05, 3.63) is 42.0 Å². The SMILES string of the molecule is CCNC(=NCc1ccc(OC(C)C)cc1)NCCN1C(=O)C2C3C=CC(C3)C2C1=O.I. The lowest BCUT2D eigenvalue weighted by Gasteiger charge is -2.18. The summed E-state index contributed by atoms with van der Waals surface area (Å²) in [5.41, 5.74) is 1.08. The number of fused-ring (bicyclic) bond motifs is 5. The normalized spacial score (nSPS) is 25.9. The molecule has 2 fully saturated rings. The van der Waals surface area contributed by atoms with Gasteiger partial charge in [0.05, 0.1) is 24.5 Å². The van der Waals surface area contributed by atoms with Gasteiger partial charge < -0.3 is 15.4 Å². The molecule has 174 valence electrons. The van der Waals surface area contributed by atoms with Gasteiger partial charge in [-0.15, -0.1) is 24.0 Å². The average molecular weight is 552 g/mol. The maximum atomic E-state index is 12.8. The topological polar surface area (TPSA) is 83.0 Å². The summed E-state index contributed by atoms with van der Waals surface area (Å²) in [5, 5.41) is 6.47. The molecular formula is C24H33IN4O3. The van der Waals surface area contributed by atoms with Crippen molar-refractivity contribution in [2.45, 2.75) is 39.8 Å². The molecule has 3 aliphatic rings. The predicted molar refractivity (Wildman–Crippen MR) is 135 cm³/mol. The van der Waals surface area contributed by atoms with Crippen molar-refractivity contribution in [3.8, 4) is 5.75 Å². The molecule has 0 radical (unpaired) electrons. The highest BCUT2D eigenvalue weighted by atomic mass is 127. The number of nitrogens with zero attached hydrogens (tertiary/aromatic N) is 2. The average Bonchev–Trinajstić information content (AvgIpc) is 3.42. The Morgan fingerprint density at radius 1 is 1.09 bits per heavy atom. The van der Waals surface area contributed by atoms with E-state index in [9.17, 15) is 9.59 Å². The molecule has 2 amide bonds. The molecule has 1 saturated heterocycles. The van der Waals surface area contributed by atoms with Gasteiger partial charge in [-0.3, -0.25) is 14.5 Å². The quantitative estimate of drug-likeness (QED) is 0.171. The van der Waals surface area contributed by atoms with Gasteiger partial charge in [0.2, 0.25) is 11.8 Å². The fourth-order valence-corrected chi connectivity index (χ4v) is 4.93. The Kier molecular flexibility index (Phi) is 8.19. The fourth-order valence-electron chi connectivity index (χ4n) is 4.93. The summed E-state index contributed by atoms with van der Waals surface area (Å²) in [7, 11) is 0. The second-order valence-electron chi connectivity index (χ2n) is 8.76. The zero-order chi connectivity index (χ0) is 22.0. The Morgan fingerprint density at radius 2 is 1.72 bits per heavy atom. The largest absolute Gasteiger partial charge is 0.491 e. The van der Waals surface area contributed by atoms with Crippen LogP contribution in [0.3, 0.4) is 0 Å². The lowest BCUT2D eigenvalue weighted by atomic mass is 9.85. The van der Waals surface area contributed by atoms with E-state index in [1.807, 2.05) is 45.0 Å². The Hall–Kier alpha value is -2.10. The maximum Gasteiger partial charge on any atom is 0.233 e. The highest BCUT2D eigenvalue weighted by Gasteiger charge is 2.58. The number of hydrogen-bond donors (Lipinski definition) is 2. The second-order valence-corrected chi connectivity index (χ2v) is 8.76. The van der Waals surface area contributed by atoms with Crippen LogP contribution in [0.2, 0.25) is 0 Å². The van der Waals surface area contributed by atoms with Crippen LogP contribution in [0, 0.1) is 23.7 Å². The number of aliphatic imine (C=N–C) groups is 1. The second kappa shape index (κ2) is 10.7. The van der Waals surface area contributed by atoms with E-state index in [2.05, 4.69) is 27.8 Å². The van der Waals surface area contributed by atoms with E-state index >= 15 is 0 Å². The first kappa shape index (κ1) is 24.5. The van der Waals surface area contributed by atoms with Crippen molar-refractivity contribution in [2.75, 3.05) is 19.6 Å². The zero-order valence-electron chi connectivity index (χ0n) is 18.9. The van der Waals surface area contributed by atoms with Gasteiger partial charge in [-0.2, -0.15) is 0 Å². The molecule has 2 aliphatic carbocycles. The van der Waals surface area contributed by atoms with Gasteiger partial charge in [-0.1, -0.05) is 24.3 Å². The number of ether oxygens (including phenoxy) is 1. The molecular weight excluding hydrogens is 519 g/mol. The predicted octanol–water partition coefficient (Wildman–Crippen LogP) is 2.95. The molecule has 4 atom stereocenters. The molecule has 7 nitrogen and oxygen atoms in total. The molecule has 0 aromatic heterocycles. The number of benzene rings is 1. The Morgan fingerprint density at radius 3 is 2.28 bits per heavy atom. The number of rotatable bonds is 8. The first-order valence-corrected chi connectivity index (χ1v) is 11.3. The van der Waals surface area contributed by atoms with Crippen LogP contribution in [0.4, 0.5) is 0 Å². The van der Waals surface area contributed by atoms with Crippen molar-refractivity contribution in [1.82, 2.24) is 15.5 Å². The molecule has 1 heterocycles. The van der Waals surface area contributed by atoms with Crippen LogP contribution in [0.25, 0.3) is 0 Å². The highest BCUT2D eigenvalue weighted by molar-refractivity contribution is 14.0. The Balaban J connectivity index is 0.00000289. The highest BCUT2D eigenvalue weighted by Crippen LogP contribution is 2.52. The van der Waals surface area contributed by atoms with Crippen LogP contribution in [0.1, 0.15) is 32.8 Å². The standard InChI is InChI=1S/C24H32N4O3.HI/c1-4-25-24(27-14-16-5-9-19(10-6-16)31-15(2)3)26-11-12-28-22(29)20-17-7-8-18(13-17)21(20)23(28)30;/h5-10,15,17-18,20-21H,4,11-14H2,1-3H3,(H2,25,26,27);1H. The molecule has 1 saturated carbocycles. The van der Waals surface area contributed by atoms with E-state index < -0.39 is 0 Å². The van der Waals surface area contributed by atoms with E-state index in [4.69, 9.17) is 4.74 Å². The summed E-state index contributed by atoms with van der Waals surface area (Å²) in [6.07, 6.45) is 5.35. The summed E-state index contributed by atoms with van der Waals surface area (Å²) in [5.74, 6) is 1.76. The summed E-state index contributed by atoms with van der Waals surface area (Å²) >= 11 is 0. The minimum atomic E-state index is -0.132. The smallest absolute Gasteiger partial charge is 0.233 e. The van der Waals surface area contributed by atoms with Crippen molar-refractivity contribution >= 4 is 41.8 Å². The number of carbonyl (C=O) groups excluding carboxylic acids is 2. The third kappa shape index (κ3) is 5.10. The molecule has 2 bridgehead atoms. The molecule has 1 aromatic carbocycles. The Labute approximate surface area is 207 Å². The number of halogens is 1. The van der Waals surface area contributed by atoms with Gasteiger partial charge in [-0.05, 0) is 56.7 Å². The summed E-state index contributed by atoms with van der Waals surface area (Å²) in [6.45, 7) is 8.12. The van der Waals surface area contributed by atoms with E-state index in [1.165, 1.54) is 4.90 Å². The summed E-state index contributed by atoms with van der Waals surface area (Å²) in [6, 6.07) is 7.92. The van der Waals surface area contributed by atoms with Gasteiger partial charge in [0, 0.05) is 19.6 Å². The number of guanidine groups is 1. The van der Waals surface area contributed by atoms with E-state index in [1.54, 1.807) is 0 Å². The van der Waals surface area contributed by atoms with Gasteiger partial charge in [-0.25, -0.2) is 4.99 Å². The minimum absolute atomic E-state index is 0. The Bertz CT molecular complexity index is 854. The number of imide groups is 1. The van der Waals surface area contributed by atoms with E-state index in [-0.39, 0.29) is 65.6 Å². The summed E-state index contributed by atoms with van der Waals surface area (Å²) in [4.78, 5) is 31.6. The molecule has 4 rings (SSSR count). The van der Waals surface area contributed by atoms with Crippen LogP contribution in [0.5, 0.6) is 5.75 Å². The molecule has 2 N–H and O–H groups in total. The zero-order valence-corrected chi connectivity index (χ0v) is 21.2. The lowest BCUT2D eigenvalue weighted by molar-refractivity contribution is -0.140. The molecule has 32 heavy (non-hydrogen) atoms. The summed E-state index contributed by atoms with van der Waals surface area (Å²) < 4.78 is 5.67. The van der Waals surface area contributed by atoms with Gasteiger partial charge in [0.15, 0.2) is 5.96 Å².